The van der Waals surface area contributed by atoms with E-state index in [0.29, 0.717) is 34.3 Å². The van der Waals surface area contributed by atoms with Crippen LogP contribution in [0.25, 0.3) is 16.9 Å². The number of aromatic nitrogens is 3. The van der Waals surface area contributed by atoms with Crippen LogP contribution in [0.4, 0.5) is 5.82 Å². The Bertz CT molecular complexity index is 915. The van der Waals surface area contributed by atoms with Crippen LogP contribution in [0.3, 0.4) is 0 Å². The molecular formula is C17H16N4O3. The van der Waals surface area contributed by atoms with Crippen molar-refractivity contribution in [3.8, 4) is 28.4 Å². The van der Waals surface area contributed by atoms with Crippen LogP contribution in [0.1, 0.15) is 0 Å². The summed E-state index contributed by atoms with van der Waals surface area (Å²) in [4.78, 5) is 16.3. The van der Waals surface area contributed by atoms with Crippen molar-refractivity contribution in [2.45, 2.75) is 0 Å². The van der Waals surface area contributed by atoms with E-state index < -0.39 is 0 Å². The van der Waals surface area contributed by atoms with Crippen LogP contribution < -0.4 is 20.8 Å². The van der Waals surface area contributed by atoms with Gasteiger partial charge in [0.1, 0.15) is 17.3 Å². The first kappa shape index (κ1) is 15.5. The zero-order valence-corrected chi connectivity index (χ0v) is 13.3. The number of rotatable bonds is 4. The molecule has 0 aliphatic rings. The molecule has 0 bridgehead atoms. The molecule has 0 fully saturated rings. The monoisotopic (exact) mass is 324 g/mol. The molecule has 7 nitrogen and oxygen atoms in total. The van der Waals surface area contributed by atoms with Crippen LogP contribution in [0, 0.1) is 0 Å². The van der Waals surface area contributed by atoms with Crippen molar-refractivity contribution >= 4 is 5.82 Å². The maximum atomic E-state index is 12.3. The van der Waals surface area contributed by atoms with Crippen LogP contribution in [0.2, 0.25) is 0 Å². The maximum absolute atomic E-state index is 12.3. The van der Waals surface area contributed by atoms with Crippen molar-refractivity contribution < 1.29 is 9.47 Å². The maximum Gasteiger partial charge on any atom is 0.271 e. The number of nitrogens with zero attached hydrogens (tertiary/aromatic N) is 3. The second-order valence-electron chi connectivity index (χ2n) is 4.98. The number of benzene rings is 1. The SMILES string of the molecule is COc1cc(OC)cc(-n2nc(-c3cccnc3N)ccc2=O)c1. The van der Waals surface area contributed by atoms with Crippen LogP contribution in [0.15, 0.2) is 53.5 Å². The number of methoxy groups -OCH3 is 2. The number of nitrogens with two attached hydrogens (primary N) is 1. The zero-order valence-electron chi connectivity index (χ0n) is 13.3. The van der Waals surface area contributed by atoms with Gasteiger partial charge >= 0.3 is 0 Å². The zero-order chi connectivity index (χ0) is 17.1. The first-order valence-corrected chi connectivity index (χ1v) is 7.17. The van der Waals surface area contributed by atoms with Gasteiger partial charge in [-0.25, -0.2) is 4.98 Å². The number of anilines is 1. The normalized spacial score (nSPS) is 10.4. The van der Waals surface area contributed by atoms with Crippen molar-refractivity contribution in [2.75, 3.05) is 20.0 Å². The molecule has 0 amide bonds. The fourth-order valence-electron chi connectivity index (χ4n) is 2.29. The highest BCUT2D eigenvalue weighted by atomic mass is 16.5. The van der Waals surface area contributed by atoms with E-state index in [1.165, 1.54) is 10.7 Å². The number of ether oxygens (including phenoxy) is 2. The molecule has 7 heteroatoms. The van der Waals surface area contributed by atoms with Gasteiger partial charge in [0.15, 0.2) is 0 Å². The topological polar surface area (TPSA) is 92.3 Å². The van der Waals surface area contributed by atoms with Gasteiger partial charge in [-0.15, -0.1) is 0 Å². The highest BCUT2D eigenvalue weighted by molar-refractivity contribution is 5.70. The van der Waals surface area contributed by atoms with Crippen molar-refractivity contribution in [1.82, 2.24) is 14.8 Å². The molecule has 3 rings (SSSR count). The largest absolute Gasteiger partial charge is 0.497 e. The summed E-state index contributed by atoms with van der Waals surface area (Å²) in [5, 5.41) is 4.40. The summed E-state index contributed by atoms with van der Waals surface area (Å²) in [5.74, 6) is 1.46. The van der Waals surface area contributed by atoms with E-state index in [4.69, 9.17) is 15.2 Å². The molecule has 0 unspecified atom stereocenters. The van der Waals surface area contributed by atoms with E-state index in [1.807, 2.05) is 0 Å². The molecular weight excluding hydrogens is 308 g/mol. The van der Waals surface area contributed by atoms with E-state index in [0.717, 1.165) is 0 Å². The summed E-state index contributed by atoms with van der Waals surface area (Å²) in [6, 6.07) is 11.7. The molecule has 0 aliphatic heterocycles. The van der Waals surface area contributed by atoms with Crippen molar-refractivity contribution in [3.63, 3.8) is 0 Å². The Labute approximate surface area is 138 Å². The Morgan fingerprint density at radius 1 is 1.04 bits per heavy atom. The van der Waals surface area contributed by atoms with Crippen molar-refractivity contribution in [3.05, 3.63) is 59.0 Å². The minimum absolute atomic E-state index is 0.281. The van der Waals surface area contributed by atoms with Crippen molar-refractivity contribution in [1.29, 1.82) is 0 Å². The average molecular weight is 324 g/mol. The molecule has 0 aliphatic carbocycles. The highest BCUT2D eigenvalue weighted by Gasteiger charge is 2.10. The Hall–Kier alpha value is -3.35. The van der Waals surface area contributed by atoms with E-state index in [1.54, 1.807) is 56.8 Å². The number of nitrogen functional groups attached to an aromatic ring is 1. The van der Waals surface area contributed by atoms with Gasteiger partial charge in [0.05, 0.1) is 25.6 Å². The summed E-state index contributed by atoms with van der Waals surface area (Å²) >= 11 is 0. The third-order valence-corrected chi connectivity index (χ3v) is 3.50. The molecule has 24 heavy (non-hydrogen) atoms. The van der Waals surface area contributed by atoms with Gasteiger partial charge in [0.25, 0.3) is 5.56 Å². The fourth-order valence-corrected chi connectivity index (χ4v) is 2.29. The lowest BCUT2D eigenvalue weighted by atomic mass is 10.2. The van der Waals surface area contributed by atoms with E-state index in [9.17, 15) is 4.79 Å². The van der Waals surface area contributed by atoms with Crippen molar-refractivity contribution in [2.24, 2.45) is 0 Å². The van der Waals surface area contributed by atoms with Gasteiger partial charge in [-0.2, -0.15) is 9.78 Å². The molecule has 0 saturated heterocycles. The fraction of sp³-hybridized carbons (Fsp3) is 0.118. The lowest BCUT2D eigenvalue weighted by Crippen LogP contribution is -2.20. The summed E-state index contributed by atoms with van der Waals surface area (Å²) < 4.78 is 11.7. The first-order chi connectivity index (χ1) is 11.6. The second-order valence-corrected chi connectivity index (χ2v) is 4.98. The van der Waals surface area contributed by atoms with Gasteiger partial charge in [-0.3, -0.25) is 4.79 Å². The third-order valence-electron chi connectivity index (χ3n) is 3.50. The molecule has 3 aromatic rings. The van der Waals surface area contributed by atoms with E-state index in [-0.39, 0.29) is 5.56 Å². The summed E-state index contributed by atoms with van der Waals surface area (Å²) in [6.07, 6.45) is 1.60. The summed E-state index contributed by atoms with van der Waals surface area (Å²) in [7, 11) is 3.09. The van der Waals surface area contributed by atoms with E-state index >= 15 is 0 Å². The molecule has 0 atom stereocenters. The Morgan fingerprint density at radius 3 is 2.38 bits per heavy atom. The Morgan fingerprint density at radius 2 is 1.75 bits per heavy atom. The smallest absolute Gasteiger partial charge is 0.271 e. The third kappa shape index (κ3) is 2.91. The minimum Gasteiger partial charge on any atom is -0.497 e. The summed E-state index contributed by atoms with van der Waals surface area (Å²) in [5.41, 5.74) is 7.34. The Kier molecular flexibility index (Phi) is 4.15. The van der Waals surface area contributed by atoms with Gasteiger partial charge in [-0.05, 0) is 18.2 Å². The van der Waals surface area contributed by atoms with Gasteiger partial charge in [-0.1, -0.05) is 0 Å². The van der Waals surface area contributed by atoms with Gasteiger partial charge < -0.3 is 15.2 Å². The predicted octanol–water partition coefficient (Wildman–Crippen LogP) is 1.89. The van der Waals surface area contributed by atoms with Crippen LogP contribution >= 0.6 is 0 Å². The van der Waals surface area contributed by atoms with Crippen LogP contribution in [0.5, 0.6) is 11.5 Å². The predicted molar refractivity (Wildman–Crippen MR) is 90.6 cm³/mol. The molecule has 0 spiro atoms. The first-order valence-electron chi connectivity index (χ1n) is 7.17. The minimum atomic E-state index is -0.281. The number of pyridine rings is 1. The van der Waals surface area contributed by atoms with Crippen LogP contribution in [-0.2, 0) is 0 Å². The van der Waals surface area contributed by atoms with Crippen LogP contribution in [-0.4, -0.2) is 29.0 Å². The molecule has 2 heterocycles. The standard InChI is InChI=1S/C17H16N4O3/c1-23-12-8-11(9-13(10-12)24-2)21-16(22)6-5-15(20-21)14-4-3-7-19-17(14)18/h3-10H,1-2H3,(H2,18,19). The Balaban J connectivity index is 2.17. The molecule has 1 aromatic carbocycles. The lowest BCUT2D eigenvalue weighted by Gasteiger charge is -2.11. The number of hydrogen-bond acceptors (Lipinski definition) is 6. The summed E-state index contributed by atoms with van der Waals surface area (Å²) in [6.45, 7) is 0. The highest BCUT2D eigenvalue weighted by Crippen LogP contribution is 2.25. The number of hydrogen-bond donors (Lipinski definition) is 1. The van der Waals surface area contributed by atoms with Gasteiger partial charge in [0.2, 0.25) is 0 Å². The second kappa shape index (κ2) is 6.41. The van der Waals surface area contributed by atoms with Gasteiger partial charge in [0, 0.05) is 36.0 Å². The quantitative estimate of drug-likeness (QED) is 0.788. The molecule has 0 saturated carbocycles. The molecule has 2 aromatic heterocycles. The molecule has 122 valence electrons. The van der Waals surface area contributed by atoms with E-state index in [2.05, 4.69) is 10.1 Å². The lowest BCUT2D eigenvalue weighted by molar-refractivity contribution is 0.393. The average Bonchev–Trinajstić information content (AvgIpc) is 2.62. The molecule has 2 N–H and O–H groups in total. The molecule has 0 radical (unpaired) electrons.